The molecule has 0 aromatic heterocycles. The molecule has 188 valence electrons. The maximum Gasteiger partial charge on any atom is 0.0592 e. The summed E-state index contributed by atoms with van der Waals surface area (Å²) in [4.78, 5) is 1.06. The van der Waals surface area contributed by atoms with Crippen molar-refractivity contribution in [2.45, 2.75) is 179 Å². The van der Waals surface area contributed by atoms with Crippen LogP contribution in [0.3, 0.4) is 0 Å². The maximum atomic E-state index is 2.65. The first-order chi connectivity index (χ1) is 13.9. The quantitative estimate of drug-likeness (QED) is 0.241. The normalized spacial score (nSPS) is 15.1. The molecule has 0 saturated carbocycles. The molecule has 0 amide bonds. The van der Waals surface area contributed by atoms with Crippen LogP contribution in [0.4, 0.5) is 0 Å². The Morgan fingerprint density at radius 3 is 0.387 bits per heavy atom. The summed E-state index contributed by atoms with van der Waals surface area (Å²) in [5, 5.41) is 0. The van der Waals surface area contributed by atoms with Crippen LogP contribution in [0.15, 0.2) is 0 Å². The number of hydrogen-bond donors (Lipinski definition) is 0. The van der Waals surface area contributed by atoms with Crippen LogP contribution in [0.5, 0.6) is 0 Å². The van der Waals surface area contributed by atoms with E-state index in [1.165, 1.54) is 0 Å². The van der Waals surface area contributed by atoms with Crippen molar-refractivity contribution in [3.63, 3.8) is 0 Å². The van der Waals surface area contributed by atoms with Crippen molar-refractivity contribution in [1.29, 1.82) is 0 Å². The lowest BCUT2D eigenvalue weighted by Gasteiger charge is -2.68. The largest absolute Gasteiger partial charge is 0.0652 e. The summed E-state index contributed by atoms with van der Waals surface area (Å²) in [5.74, 6) is 0. The zero-order valence-corrected chi connectivity index (χ0v) is 28.3. The zero-order valence-electron chi connectivity index (χ0n) is 25.3. The molecule has 0 aliphatic heterocycles. The molecule has 3 heteroatoms. The van der Waals surface area contributed by atoms with Gasteiger partial charge in [0.2, 0.25) is 0 Å². The van der Waals surface area contributed by atoms with Gasteiger partial charge in [0.1, 0.15) is 0 Å². The van der Waals surface area contributed by atoms with Crippen LogP contribution >= 0.6 is 0 Å². The van der Waals surface area contributed by atoms with Crippen LogP contribution < -0.4 is 0 Å². The van der Waals surface area contributed by atoms with Crippen molar-refractivity contribution in [3.8, 4) is 0 Å². The van der Waals surface area contributed by atoms with Gasteiger partial charge in [-0.25, -0.2) is 0 Å². The fourth-order valence-electron chi connectivity index (χ4n) is 10.3. The first-order valence-corrected chi connectivity index (χ1v) is 20.8. The standard InChI is InChI=1S/C28H64Si3/c1-19(2)29(20(3)4,21(5)6)28(30(22(7)8,23(9)10)24(11)12)31(25(13)14,26(15)16)27(17)18/h19-28H,1-18H3. The molecule has 0 radical (unpaired) electrons. The molecule has 0 heterocycles. The molecule has 0 fully saturated rings. The molecule has 0 aliphatic rings. The van der Waals surface area contributed by atoms with Gasteiger partial charge in [-0.1, -0.05) is 179 Å². The highest BCUT2D eigenvalue weighted by Crippen LogP contribution is 2.68. The molecule has 0 bridgehead atoms. The lowest BCUT2D eigenvalue weighted by Crippen LogP contribution is -2.73. The molecule has 31 heavy (non-hydrogen) atoms. The summed E-state index contributed by atoms with van der Waals surface area (Å²) in [6, 6.07) is 0. The molecular weight excluding hydrogens is 421 g/mol. The second-order valence-corrected chi connectivity index (χ2v) is 33.7. The van der Waals surface area contributed by atoms with E-state index in [-0.39, 0.29) is 0 Å². The third-order valence-corrected chi connectivity index (χ3v) is 40.5. The van der Waals surface area contributed by atoms with Crippen LogP contribution in [0, 0.1) is 0 Å². The van der Waals surface area contributed by atoms with Gasteiger partial charge in [-0.15, -0.1) is 0 Å². The van der Waals surface area contributed by atoms with Crippen molar-refractivity contribution in [2.24, 2.45) is 0 Å². The summed E-state index contributed by atoms with van der Waals surface area (Å²) < 4.78 is 0. The predicted octanol–water partition coefficient (Wildman–Crippen LogP) is 11.5. The molecule has 0 nitrogen and oxygen atoms in total. The van der Waals surface area contributed by atoms with Gasteiger partial charge in [0, 0.05) is 0 Å². The summed E-state index contributed by atoms with van der Waals surface area (Å²) in [5.41, 5.74) is 7.66. The summed E-state index contributed by atoms with van der Waals surface area (Å²) in [7, 11) is -5.04. The van der Waals surface area contributed by atoms with E-state index in [9.17, 15) is 0 Å². The Hall–Kier alpha value is 0.651. The Kier molecular flexibility index (Phi) is 11.6. The van der Waals surface area contributed by atoms with Gasteiger partial charge in [0.05, 0.1) is 24.2 Å². The van der Waals surface area contributed by atoms with Crippen LogP contribution in [0.2, 0.25) is 54.7 Å². The van der Waals surface area contributed by atoms with Gasteiger partial charge in [0.25, 0.3) is 0 Å². The Labute approximate surface area is 203 Å². The lowest BCUT2D eigenvalue weighted by atomic mass is 10.5. The Bertz CT molecular complexity index is 385. The first-order valence-electron chi connectivity index (χ1n) is 13.9. The van der Waals surface area contributed by atoms with Crippen molar-refractivity contribution >= 4 is 24.2 Å². The van der Waals surface area contributed by atoms with Crippen molar-refractivity contribution in [1.82, 2.24) is 0 Å². The van der Waals surface area contributed by atoms with E-state index in [1.54, 1.807) is 0 Å². The van der Waals surface area contributed by atoms with Crippen LogP contribution in [-0.4, -0.2) is 24.2 Å². The highest BCUT2D eigenvalue weighted by Gasteiger charge is 2.69. The van der Waals surface area contributed by atoms with E-state index in [4.69, 9.17) is 0 Å². The SMILES string of the molecule is CC(C)[Si](C(C)C)(C(C)C)C([Si](C(C)C)(C(C)C)C(C)C)[Si](C(C)C)(C(C)C)C(C)C. The highest BCUT2D eigenvalue weighted by molar-refractivity contribution is 7.17. The van der Waals surface area contributed by atoms with Crippen LogP contribution in [-0.2, 0) is 0 Å². The molecule has 0 aromatic rings. The summed E-state index contributed by atoms with van der Waals surface area (Å²) in [6.45, 7) is 47.7. The van der Waals surface area contributed by atoms with Gasteiger partial charge in [-0.3, -0.25) is 0 Å². The smallest absolute Gasteiger partial charge is 0.0592 e. The van der Waals surface area contributed by atoms with Gasteiger partial charge < -0.3 is 0 Å². The van der Waals surface area contributed by atoms with Crippen molar-refractivity contribution < 1.29 is 0 Å². The minimum atomic E-state index is -1.68. The summed E-state index contributed by atoms with van der Waals surface area (Å²) >= 11 is 0. The predicted molar refractivity (Wildman–Crippen MR) is 157 cm³/mol. The average molecular weight is 485 g/mol. The van der Waals surface area contributed by atoms with E-state index in [2.05, 4.69) is 125 Å². The molecule has 0 saturated heterocycles. The fourth-order valence-corrected chi connectivity index (χ4v) is 56.7. The van der Waals surface area contributed by atoms with Crippen LogP contribution in [0.25, 0.3) is 0 Å². The van der Waals surface area contributed by atoms with E-state index in [0.717, 1.165) is 54.7 Å². The molecule has 0 unspecified atom stereocenters. The minimum absolute atomic E-state index is 0.851. The molecule has 0 N–H and O–H groups in total. The first kappa shape index (κ1) is 31.7. The van der Waals surface area contributed by atoms with Crippen molar-refractivity contribution in [2.75, 3.05) is 0 Å². The molecule has 0 aliphatic carbocycles. The van der Waals surface area contributed by atoms with Gasteiger partial charge in [-0.05, 0) is 0 Å². The number of rotatable bonds is 12. The molecular formula is C28H64Si3. The second kappa shape index (κ2) is 11.4. The second-order valence-electron chi connectivity index (χ2n) is 13.8. The Morgan fingerprint density at radius 1 is 0.226 bits per heavy atom. The number of hydrogen-bond acceptors (Lipinski definition) is 0. The third-order valence-electron chi connectivity index (χ3n) is 10.5. The van der Waals surface area contributed by atoms with Gasteiger partial charge in [-0.2, -0.15) is 0 Å². The molecule has 0 rings (SSSR count). The van der Waals surface area contributed by atoms with Gasteiger partial charge in [0.15, 0.2) is 0 Å². The van der Waals surface area contributed by atoms with Crippen LogP contribution in [0.1, 0.15) is 125 Å². The van der Waals surface area contributed by atoms with E-state index < -0.39 is 24.2 Å². The topological polar surface area (TPSA) is 0 Å². The summed E-state index contributed by atoms with van der Waals surface area (Å²) in [6.07, 6.45) is 0. The highest BCUT2D eigenvalue weighted by atomic mass is 28.5. The van der Waals surface area contributed by atoms with E-state index in [1.807, 2.05) is 0 Å². The molecule has 0 aromatic carbocycles. The lowest BCUT2D eigenvalue weighted by molar-refractivity contribution is 0.720. The molecule has 0 spiro atoms. The van der Waals surface area contributed by atoms with E-state index >= 15 is 0 Å². The maximum absolute atomic E-state index is 2.65. The Balaban J connectivity index is 8.22. The Morgan fingerprint density at radius 2 is 0.323 bits per heavy atom. The monoisotopic (exact) mass is 484 g/mol. The minimum Gasteiger partial charge on any atom is -0.0652 e. The molecule has 0 atom stereocenters. The average Bonchev–Trinajstić information content (AvgIpc) is 2.52. The van der Waals surface area contributed by atoms with E-state index in [0.29, 0.717) is 0 Å². The third kappa shape index (κ3) is 4.77. The van der Waals surface area contributed by atoms with Gasteiger partial charge >= 0.3 is 0 Å². The van der Waals surface area contributed by atoms with Crippen molar-refractivity contribution in [3.05, 3.63) is 0 Å². The zero-order chi connectivity index (χ0) is 25.3. The fraction of sp³-hybridized carbons (Fsp3) is 1.00.